The lowest BCUT2D eigenvalue weighted by Gasteiger charge is -2.14. The minimum Gasteiger partial charge on any atom is -0.358 e. The second kappa shape index (κ2) is 6.33. The second-order valence-corrected chi connectivity index (χ2v) is 6.70. The van der Waals surface area contributed by atoms with E-state index < -0.39 is 6.04 Å². The molecule has 26 heavy (non-hydrogen) atoms. The Morgan fingerprint density at radius 2 is 2.15 bits per heavy atom. The first-order valence-corrected chi connectivity index (χ1v) is 8.69. The standard InChI is InChI=1S/C19H21N5O2/c1-12-14(13-5-3-4-6-15(13)20-12)11-18(25)21-16-7-10-24(19(16)26)17-8-9-23(2)22-17/h3-6,8-9,16,20H,7,10-11H2,1-2H3,(H,21,25). The van der Waals surface area contributed by atoms with Crippen LogP contribution in [0, 0.1) is 6.92 Å². The number of nitrogens with zero attached hydrogens (tertiary/aromatic N) is 3. The molecule has 2 N–H and O–H groups in total. The molecule has 7 heteroatoms. The number of amides is 2. The number of rotatable bonds is 4. The summed E-state index contributed by atoms with van der Waals surface area (Å²) >= 11 is 0. The number of anilines is 1. The van der Waals surface area contributed by atoms with Crippen LogP contribution in [0.4, 0.5) is 5.82 Å². The SMILES string of the molecule is Cc1[nH]c2ccccc2c1CC(=O)NC1CCN(c2ccn(C)n2)C1=O. The highest BCUT2D eigenvalue weighted by Crippen LogP contribution is 2.23. The Morgan fingerprint density at radius 1 is 1.35 bits per heavy atom. The Morgan fingerprint density at radius 3 is 2.92 bits per heavy atom. The third kappa shape index (κ3) is 2.85. The van der Waals surface area contributed by atoms with Gasteiger partial charge in [0, 0.05) is 42.5 Å². The lowest BCUT2D eigenvalue weighted by atomic mass is 10.1. The van der Waals surface area contributed by atoms with Gasteiger partial charge in [0.1, 0.15) is 6.04 Å². The highest BCUT2D eigenvalue weighted by molar-refractivity contribution is 6.01. The van der Waals surface area contributed by atoms with Gasteiger partial charge in [-0.2, -0.15) is 5.10 Å². The van der Waals surface area contributed by atoms with Crippen molar-refractivity contribution in [1.82, 2.24) is 20.1 Å². The van der Waals surface area contributed by atoms with Gasteiger partial charge in [0.15, 0.2) is 5.82 Å². The number of carbonyl (C=O) groups excluding carboxylic acids is 2. The average molecular weight is 351 g/mol. The highest BCUT2D eigenvalue weighted by Gasteiger charge is 2.34. The number of benzene rings is 1. The summed E-state index contributed by atoms with van der Waals surface area (Å²) in [6.45, 7) is 2.53. The summed E-state index contributed by atoms with van der Waals surface area (Å²) in [5.41, 5.74) is 2.98. The van der Waals surface area contributed by atoms with E-state index in [2.05, 4.69) is 15.4 Å². The largest absolute Gasteiger partial charge is 0.358 e. The number of hydrogen-bond acceptors (Lipinski definition) is 3. The monoisotopic (exact) mass is 351 g/mol. The molecule has 2 aromatic heterocycles. The molecule has 1 unspecified atom stereocenters. The molecule has 1 fully saturated rings. The van der Waals surface area contributed by atoms with E-state index in [1.807, 2.05) is 38.2 Å². The number of carbonyl (C=O) groups is 2. The van der Waals surface area contributed by atoms with Crippen molar-refractivity contribution in [3.63, 3.8) is 0 Å². The second-order valence-electron chi connectivity index (χ2n) is 6.70. The van der Waals surface area contributed by atoms with Crippen molar-refractivity contribution in [3.05, 3.63) is 47.8 Å². The van der Waals surface area contributed by atoms with Crippen LogP contribution in [-0.2, 0) is 23.1 Å². The van der Waals surface area contributed by atoms with Gasteiger partial charge in [-0.15, -0.1) is 0 Å². The fourth-order valence-electron chi connectivity index (χ4n) is 3.56. The molecule has 7 nitrogen and oxygen atoms in total. The van der Waals surface area contributed by atoms with Crippen molar-refractivity contribution in [3.8, 4) is 0 Å². The summed E-state index contributed by atoms with van der Waals surface area (Å²) in [5.74, 6) is 0.383. The summed E-state index contributed by atoms with van der Waals surface area (Å²) in [6, 6.07) is 9.24. The van der Waals surface area contributed by atoms with Crippen LogP contribution in [0.15, 0.2) is 36.5 Å². The molecular formula is C19H21N5O2. The van der Waals surface area contributed by atoms with Crippen LogP contribution < -0.4 is 10.2 Å². The number of para-hydroxylation sites is 1. The number of hydrogen-bond donors (Lipinski definition) is 2. The first-order chi connectivity index (χ1) is 12.5. The number of H-pyrrole nitrogens is 1. The maximum Gasteiger partial charge on any atom is 0.250 e. The molecule has 0 bridgehead atoms. The molecule has 0 radical (unpaired) electrons. The van der Waals surface area contributed by atoms with E-state index in [0.717, 1.165) is 22.2 Å². The smallest absolute Gasteiger partial charge is 0.250 e. The quantitative estimate of drug-likeness (QED) is 0.750. The lowest BCUT2D eigenvalue weighted by molar-refractivity contribution is -0.126. The Hall–Kier alpha value is -3.09. The minimum atomic E-state index is -0.491. The fraction of sp³-hybridized carbons (Fsp3) is 0.316. The third-order valence-corrected chi connectivity index (χ3v) is 4.88. The molecule has 0 saturated carbocycles. The van der Waals surface area contributed by atoms with E-state index in [1.54, 1.807) is 21.8 Å². The van der Waals surface area contributed by atoms with Crippen molar-refractivity contribution in [2.45, 2.75) is 25.8 Å². The molecule has 1 aromatic carbocycles. The van der Waals surface area contributed by atoms with Gasteiger partial charge < -0.3 is 10.3 Å². The van der Waals surface area contributed by atoms with E-state index in [1.165, 1.54) is 0 Å². The highest BCUT2D eigenvalue weighted by atomic mass is 16.2. The first kappa shape index (κ1) is 16.4. The zero-order valence-corrected chi connectivity index (χ0v) is 14.8. The molecule has 0 spiro atoms. The lowest BCUT2D eigenvalue weighted by Crippen LogP contribution is -2.42. The summed E-state index contributed by atoms with van der Waals surface area (Å²) in [4.78, 5) is 30.1. The summed E-state index contributed by atoms with van der Waals surface area (Å²) < 4.78 is 1.66. The molecule has 4 rings (SSSR count). The molecule has 1 aliphatic rings. The summed E-state index contributed by atoms with van der Waals surface area (Å²) in [7, 11) is 1.81. The average Bonchev–Trinajstić information content (AvgIpc) is 3.27. The zero-order valence-electron chi connectivity index (χ0n) is 14.8. The maximum atomic E-state index is 12.6. The zero-order chi connectivity index (χ0) is 18.3. The van der Waals surface area contributed by atoms with Crippen LogP contribution in [0.1, 0.15) is 17.7 Å². The van der Waals surface area contributed by atoms with Gasteiger partial charge in [-0.05, 0) is 25.0 Å². The Balaban J connectivity index is 1.45. The summed E-state index contributed by atoms with van der Waals surface area (Å²) in [6.07, 6.45) is 2.64. The fourth-order valence-corrected chi connectivity index (χ4v) is 3.56. The summed E-state index contributed by atoms with van der Waals surface area (Å²) in [5, 5.41) is 8.20. The van der Waals surface area contributed by atoms with E-state index >= 15 is 0 Å². The maximum absolute atomic E-state index is 12.6. The van der Waals surface area contributed by atoms with Gasteiger partial charge in [0.2, 0.25) is 5.91 Å². The molecule has 0 aliphatic carbocycles. The Bertz CT molecular complexity index is 987. The van der Waals surface area contributed by atoms with E-state index in [4.69, 9.17) is 0 Å². The van der Waals surface area contributed by atoms with Crippen molar-refractivity contribution < 1.29 is 9.59 Å². The normalized spacial score (nSPS) is 17.2. The van der Waals surface area contributed by atoms with Crippen LogP contribution in [0.25, 0.3) is 10.9 Å². The van der Waals surface area contributed by atoms with Gasteiger partial charge in [0.25, 0.3) is 5.91 Å². The molecule has 3 aromatic rings. The van der Waals surface area contributed by atoms with Crippen LogP contribution in [0.2, 0.25) is 0 Å². The van der Waals surface area contributed by atoms with Crippen molar-refractivity contribution in [2.75, 3.05) is 11.4 Å². The predicted octanol–water partition coefficient (Wildman–Crippen LogP) is 1.67. The van der Waals surface area contributed by atoms with Gasteiger partial charge in [-0.3, -0.25) is 19.2 Å². The van der Waals surface area contributed by atoms with Gasteiger partial charge in [-0.25, -0.2) is 0 Å². The Kier molecular flexibility index (Phi) is 3.99. The molecular weight excluding hydrogens is 330 g/mol. The number of fused-ring (bicyclic) bond motifs is 1. The first-order valence-electron chi connectivity index (χ1n) is 8.69. The third-order valence-electron chi connectivity index (χ3n) is 4.88. The number of aromatic amines is 1. The van der Waals surface area contributed by atoms with Crippen LogP contribution >= 0.6 is 0 Å². The van der Waals surface area contributed by atoms with Crippen LogP contribution in [0.3, 0.4) is 0 Å². The molecule has 1 saturated heterocycles. The van der Waals surface area contributed by atoms with Gasteiger partial charge >= 0.3 is 0 Å². The van der Waals surface area contributed by atoms with Crippen molar-refractivity contribution >= 4 is 28.5 Å². The van der Waals surface area contributed by atoms with Crippen LogP contribution in [-0.4, -0.2) is 39.2 Å². The van der Waals surface area contributed by atoms with Crippen LogP contribution in [0.5, 0.6) is 0 Å². The molecule has 3 heterocycles. The van der Waals surface area contributed by atoms with Crippen molar-refractivity contribution in [1.29, 1.82) is 0 Å². The van der Waals surface area contributed by atoms with Gasteiger partial charge in [0.05, 0.1) is 6.42 Å². The topological polar surface area (TPSA) is 83.0 Å². The number of aryl methyl sites for hydroxylation is 2. The van der Waals surface area contributed by atoms with E-state index in [0.29, 0.717) is 18.8 Å². The molecule has 1 aliphatic heterocycles. The van der Waals surface area contributed by atoms with E-state index in [9.17, 15) is 9.59 Å². The molecule has 134 valence electrons. The van der Waals surface area contributed by atoms with E-state index in [-0.39, 0.29) is 18.2 Å². The molecule has 1 atom stereocenters. The molecule has 2 amide bonds. The Labute approximate surface area is 151 Å². The number of nitrogens with one attached hydrogen (secondary N) is 2. The minimum absolute atomic E-state index is 0.104. The van der Waals surface area contributed by atoms with Gasteiger partial charge in [-0.1, -0.05) is 18.2 Å². The predicted molar refractivity (Wildman–Crippen MR) is 98.8 cm³/mol. The van der Waals surface area contributed by atoms with Crippen molar-refractivity contribution in [2.24, 2.45) is 7.05 Å². The number of aromatic nitrogens is 3.